The molecule has 0 bridgehead atoms. The second-order valence-electron chi connectivity index (χ2n) is 8.01. The SMILES string of the molecule is CCNC(=O)C(CC)N(Cc1ccc(Cl)cc1Cl)C(=O)CN(c1cc(C(F)(F)F)ccc1Cl)S(C)(=O)=O. The van der Waals surface area contributed by atoms with Crippen LogP contribution in [0.5, 0.6) is 0 Å². The van der Waals surface area contributed by atoms with Crippen molar-refractivity contribution in [1.82, 2.24) is 10.2 Å². The second kappa shape index (κ2) is 12.6. The van der Waals surface area contributed by atoms with E-state index in [1.807, 2.05) is 0 Å². The van der Waals surface area contributed by atoms with Crippen molar-refractivity contribution in [3.8, 4) is 0 Å². The van der Waals surface area contributed by atoms with Crippen molar-refractivity contribution in [3.63, 3.8) is 0 Å². The van der Waals surface area contributed by atoms with E-state index in [2.05, 4.69) is 5.32 Å². The molecule has 7 nitrogen and oxygen atoms in total. The Hall–Kier alpha value is -2.21. The maximum absolute atomic E-state index is 13.6. The minimum atomic E-state index is -4.78. The third kappa shape index (κ3) is 8.13. The van der Waals surface area contributed by atoms with Gasteiger partial charge in [-0.3, -0.25) is 13.9 Å². The molecule has 0 aliphatic rings. The molecular formula is C23H25Cl3F3N3O4S. The molecule has 1 atom stereocenters. The van der Waals surface area contributed by atoms with Gasteiger partial charge in [-0.25, -0.2) is 8.42 Å². The molecule has 0 radical (unpaired) electrons. The molecule has 0 saturated carbocycles. The van der Waals surface area contributed by atoms with Crippen molar-refractivity contribution in [2.24, 2.45) is 0 Å². The maximum Gasteiger partial charge on any atom is 0.416 e. The maximum atomic E-state index is 13.6. The van der Waals surface area contributed by atoms with Gasteiger partial charge in [-0.15, -0.1) is 0 Å². The Balaban J connectivity index is 2.57. The first-order valence-corrected chi connectivity index (χ1v) is 13.9. The minimum Gasteiger partial charge on any atom is -0.355 e. The summed E-state index contributed by atoms with van der Waals surface area (Å²) in [5, 5.41) is 2.86. The summed E-state index contributed by atoms with van der Waals surface area (Å²) in [5.74, 6) is -1.35. The number of nitrogens with one attached hydrogen (secondary N) is 1. The Morgan fingerprint density at radius 3 is 2.19 bits per heavy atom. The first-order valence-electron chi connectivity index (χ1n) is 11.0. The van der Waals surface area contributed by atoms with Crippen LogP contribution < -0.4 is 9.62 Å². The number of carbonyl (C=O) groups is 2. The van der Waals surface area contributed by atoms with Crippen molar-refractivity contribution in [2.75, 3.05) is 23.7 Å². The number of hydrogen-bond donors (Lipinski definition) is 1. The number of alkyl halides is 3. The summed E-state index contributed by atoms with van der Waals surface area (Å²) in [6.45, 7) is 2.50. The fourth-order valence-electron chi connectivity index (χ4n) is 3.52. The summed E-state index contributed by atoms with van der Waals surface area (Å²) in [5.41, 5.74) is -1.25. The zero-order valence-electron chi connectivity index (χ0n) is 20.1. The molecule has 0 aliphatic carbocycles. The van der Waals surface area contributed by atoms with Gasteiger partial charge < -0.3 is 10.2 Å². The van der Waals surface area contributed by atoms with Gasteiger partial charge in [0, 0.05) is 23.1 Å². The standard InChI is InChI=1S/C23H25Cl3F3N3O4S/c1-4-19(22(34)30-5-2)31(12-14-6-8-16(24)11-18(14)26)21(33)13-32(37(3,35)36)20-10-15(23(27,28)29)7-9-17(20)25/h6-11,19H,4-5,12-13H2,1-3H3,(H,30,34). The van der Waals surface area contributed by atoms with E-state index in [-0.39, 0.29) is 29.6 Å². The number of rotatable bonds is 10. The summed E-state index contributed by atoms with van der Waals surface area (Å²) in [6, 6.07) is 5.65. The summed E-state index contributed by atoms with van der Waals surface area (Å²) in [4.78, 5) is 27.5. The Bertz CT molecular complexity index is 1260. The van der Waals surface area contributed by atoms with Crippen molar-refractivity contribution >= 4 is 62.3 Å². The molecule has 14 heteroatoms. The molecule has 0 saturated heterocycles. The van der Waals surface area contributed by atoms with Crippen LogP contribution >= 0.6 is 34.8 Å². The van der Waals surface area contributed by atoms with Crippen LogP contribution in [0.15, 0.2) is 36.4 Å². The largest absolute Gasteiger partial charge is 0.416 e. The van der Waals surface area contributed by atoms with Crippen LogP contribution in [-0.4, -0.2) is 50.5 Å². The summed E-state index contributed by atoms with van der Waals surface area (Å²) >= 11 is 18.3. The number of nitrogens with zero attached hydrogens (tertiary/aromatic N) is 2. The lowest BCUT2D eigenvalue weighted by Crippen LogP contribution is -2.52. The quantitative estimate of drug-likeness (QED) is 0.396. The monoisotopic (exact) mass is 601 g/mol. The van der Waals surface area contributed by atoms with Gasteiger partial charge in [-0.2, -0.15) is 13.2 Å². The highest BCUT2D eigenvalue weighted by atomic mass is 35.5. The second-order valence-corrected chi connectivity index (χ2v) is 11.2. The number of halogens is 6. The zero-order chi connectivity index (χ0) is 28.1. The van der Waals surface area contributed by atoms with Gasteiger partial charge in [0.05, 0.1) is 22.5 Å². The molecule has 1 unspecified atom stereocenters. The van der Waals surface area contributed by atoms with Crippen LogP contribution in [-0.2, 0) is 32.3 Å². The number of anilines is 1. The Morgan fingerprint density at radius 2 is 1.68 bits per heavy atom. The van der Waals surface area contributed by atoms with Gasteiger partial charge in [0.2, 0.25) is 21.8 Å². The fraction of sp³-hybridized carbons (Fsp3) is 0.391. The van der Waals surface area contributed by atoms with E-state index in [0.29, 0.717) is 27.0 Å². The molecule has 204 valence electrons. The Kier molecular flexibility index (Phi) is 10.5. The van der Waals surface area contributed by atoms with Gasteiger partial charge >= 0.3 is 6.18 Å². The highest BCUT2D eigenvalue weighted by Crippen LogP contribution is 2.36. The number of sulfonamides is 1. The molecule has 2 amide bonds. The van der Waals surface area contributed by atoms with Gasteiger partial charge in [0.15, 0.2) is 0 Å². The van der Waals surface area contributed by atoms with Gasteiger partial charge in [-0.05, 0) is 49.2 Å². The molecule has 0 fully saturated rings. The first-order chi connectivity index (χ1) is 17.1. The molecule has 2 aromatic rings. The molecule has 1 N–H and O–H groups in total. The summed E-state index contributed by atoms with van der Waals surface area (Å²) in [7, 11) is -4.29. The van der Waals surface area contributed by atoms with E-state index in [0.717, 1.165) is 17.2 Å². The van der Waals surface area contributed by atoms with Crippen LogP contribution in [0, 0.1) is 0 Å². The van der Waals surface area contributed by atoms with Crippen LogP contribution in [0.1, 0.15) is 31.4 Å². The molecule has 2 rings (SSSR count). The van der Waals surface area contributed by atoms with E-state index in [1.165, 1.54) is 12.1 Å². The molecule has 0 heterocycles. The van der Waals surface area contributed by atoms with Crippen LogP contribution in [0.25, 0.3) is 0 Å². The molecule has 2 aromatic carbocycles. The molecule has 0 aromatic heterocycles. The van der Waals surface area contributed by atoms with Crippen molar-refractivity contribution in [2.45, 2.75) is 39.0 Å². The van der Waals surface area contributed by atoms with Crippen molar-refractivity contribution in [3.05, 3.63) is 62.6 Å². The zero-order valence-corrected chi connectivity index (χ0v) is 23.2. The van der Waals surface area contributed by atoms with Crippen LogP contribution in [0.3, 0.4) is 0 Å². The number of likely N-dealkylation sites (N-methyl/N-ethyl adjacent to an activating group) is 1. The lowest BCUT2D eigenvalue weighted by molar-refractivity contribution is -0.140. The first kappa shape index (κ1) is 31.0. The van der Waals surface area contributed by atoms with E-state index in [1.54, 1.807) is 19.9 Å². The lowest BCUT2D eigenvalue weighted by atomic mass is 10.1. The number of amides is 2. The van der Waals surface area contributed by atoms with E-state index in [9.17, 15) is 31.2 Å². The predicted molar refractivity (Wildman–Crippen MR) is 138 cm³/mol. The van der Waals surface area contributed by atoms with Crippen LogP contribution in [0.2, 0.25) is 15.1 Å². The van der Waals surface area contributed by atoms with Gasteiger partial charge in [-0.1, -0.05) is 47.8 Å². The molecule has 37 heavy (non-hydrogen) atoms. The summed E-state index contributed by atoms with van der Waals surface area (Å²) in [6.07, 6.45) is -3.89. The fourth-order valence-corrected chi connectivity index (χ4v) is 5.11. The van der Waals surface area contributed by atoms with Gasteiger partial charge in [0.25, 0.3) is 0 Å². The minimum absolute atomic E-state index is 0.159. The van der Waals surface area contributed by atoms with E-state index >= 15 is 0 Å². The van der Waals surface area contributed by atoms with Crippen molar-refractivity contribution < 1.29 is 31.2 Å². The normalized spacial score (nSPS) is 12.7. The smallest absolute Gasteiger partial charge is 0.355 e. The highest BCUT2D eigenvalue weighted by Gasteiger charge is 2.35. The average molecular weight is 603 g/mol. The highest BCUT2D eigenvalue weighted by molar-refractivity contribution is 7.92. The van der Waals surface area contributed by atoms with E-state index < -0.39 is 51.9 Å². The Morgan fingerprint density at radius 1 is 1.03 bits per heavy atom. The molecular weight excluding hydrogens is 578 g/mol. The van der Waals surface area contributed by atoms with Gasteiger partial charge in [0.1, 0.15) is 12.6 Å². The van der Waals surface area contributed by atoms with E-state index in [4.69, 9.17) is 34.8 Å². The summed E-state index contributed by atoms with van der Waals surface area (Å²) < 4.78 is 65.7. The number of hydrogen-bond acceptors (Lipinski definition) is 4. The number of benzene rings is 2. The molecule has 0 spiro atoms. The molecule has 0 aliphatic heterocycles. The third-order valence-electron chi connectivity index (χ3n) is 5.31. The van der Waals surface area contributed by atoms with Crippen molar-refractivity contribution in [1.29, 1.82) is 0 Å². The average Bonchev–Trinajstić information content (AvgIpc) is 2.77. The Labute approximate surface area is 228 Å². The third-order valence-corrected chi connectivity index (χ3v) is 7.35. The van der Waals surface area contributed by atoms with Crippen LogP contribution in [0.4, 0.5) is 18.9 Å². The lowest BCUT2D eigenvalue weighted by Gasteiger charge is -2.33. The predicted octanol–water partition coefficient (Wildman–Crippen LogP) is 5.38. The topological polar surface area (TPSA) is 86.8 Å². The number of carbonyl (C=O) groups excluding carboxylic acids is 2.